The summed E-state index contributed by atoms with van der Waals surface area (Å²) in [4.78, 5) is 8.81. The number of hydrazone groups is 1. The molecule has 0 bridgehead atoms. The number of aryl methyl sites for hydroxylation is 3. The van der Waals surface area contributed by atoms with Gasteiger partial charge in [-0.05, 0) is 31.5 Å². The van der Waals surface area contributed by atoms with Crippen molar-refractivity contribution in [3.63, 3.8) is 0 Å². The summed E-state index contributed by atoms with van der Waals surface area (Å²) in [5.41, 5.74) is 6.30. The first-order valence-corrected chi connectivity index (χ1v) is 10.7. The molecule has 32 heavy (non-hydrogen) atoms. The van der Waals surface area contributed by atoms with Crippen molar-refractivity contribution in [3.8, 4) is 11.5 Å². The Morgan fingerprint density at radius 2 is 1.94 bits per heavy atom. The van der Waals surface area contributed by atoms with Crippen LogP contribution < -0.4 is 14.7 Å². The number of ether oxygens (including phenoxy) is 1. The van der Waals surface area contributed by atoms with Crippen LogP contribution >= 0.6 is 11.6 Å². The maximum Gasteiger partial charge on any atom is 0.344 e. The minimum Gasteiger partial charge on any atom is -0.492 e. The predicted molar refractivity (Wildman–Crippen MR) is 119 cm³/mol. The molecule has 0 spiro atoms. The van der Waals surface area contributed by atoms with Crippen LogP contribution in [0, 0.1) is 19.3 Å². The number of hydrogen-bond acceptors (Lipinski definition) is 8. The van der Waals surface area contributed by atoms with Crippen LogP contribution in [0.15, 0.2) is 28.2 Å². The van der Waals surface area contributed by atoms with Crippen molar-refractivity contribution in [2.75, 3.05) is 13.2 Å². The van der Waals surface area contributed by atoms with E-state index in [1.807, 2.05) is 0 Å². The van der Waals surface area contributed by atoms with Crippen molar-refractivity contribution in [1.29, 1.82) is 5.41 Å². The molecule has 4 N–H and O–H groups in total. The minimum absolute atomic E-state index is 0.0390. The Hall–Kier alpha value is -3.32. The zero-order valence-corrected chi connectivity index (χ0v) is 19.6. The number of aromatic nitrogens is 2. The van der Waals surface area contributed by atoms with Crippen LogP contribution in [0.3, 0.4) is 0 Å². The van der Waals surface area contributed by atoms with E-state index in [2.05, 4.69) is 16.9 Å². The van der Waals surface area contributed by atoms with Crippen LogP contribution in [0.2, 0.25) is 5.15 Å². The van der Waals surface area contributed by atoms with Gasteiger partial charge in [0, 0.05) is 26.8 Å². The molecular formula is C18H25ClN6O6S. The third-order valence-electron chi connectivity index (χ3n) is 3.60. The van der Waals surface area contributed by atoms with Gasteiger partial charge in [-0.2, -0.15) is 18.6 Å². The molecular weight excluding hydrogens is 464 g/mol. The van der Waals surface area contributed by atoms with E-state index in [1.165, 1.54) is 24.7 Å². The maximum atomic E-state index is 12.6. The molecule has 1 aromatic heterocycles. The molecule has 0 fully saturated rings. The molecule has 0 atom stereocenters. The van der Waals surface area contributed by atoms with Crippen LogP contribution in [0.1, 0.15) is 18.2 Å². The van der Waals surface area contributed by atoms with E-state index in [9.17, 15) is 8.42 Å². The highest BCUT2D eigenvalue weighted by atomic mass is 35.5. The van der Waals surface area contributed by atoms with Gasteiger partial charge in [0.05, 0.1) is 12.2 Å². The van der Waals surface area contributed by atoms with Crippen LogP contribution in [0.5, 0.6) is 11.5 Å². The predicted octanol–water partition coefficient (Wildman–Crippen LogP) is 1.74. The molecule has 0 saturated carbocycles. The monoisotopic (exact) mass is 488 g/mol. The molecule has 0 saturated heterocycles. The number of halogens is 1. The fourth-order valence-electron chi connectivity index (χ4n) is 2.43. The Balaban J connectivity index is 0.00000118. The lowest BCUT2D eigenvalue weighted by Crippen LogP contribution is -2.34. The van der Waals surface area contributed by atoms with E-state index in [0.717, 1.165) is 17.5 Å². The molecule has 2 aromatic rings. The second-order valence-electron chi connectivity index (χ2n) is 6.37. The molecule has 0 aliphatic carbocycles. The number of rotatable bonds is 8. The largest absolute Gasteiger partial charge is 0.492 e. The number of carboxylic acid groups (broad SMARTS) is 1. The number of carbonyl (C=O) groups is 1. The number of guanidine groups is 1. The van der Waals surface area contributed by atoms with Gasteiger partial charge in [0.15, 0.2) is 4.90 Å². The maximum absolute atomic E-state index is 12.6. The Bertz CT molecular complexity index is 1100. The summed E-state index contributed by atoms with van der Waals surface area (Å²) in [7, 11) is -2.65. The van der Waals surface area contributed by atoms with Crippen molar-refractivity contribution in [2.45, 2.75) is 25.7 Å². The minimum atomic E-state index is -4.18. The van der Waals surface area contributed by atoms with Crippen molar-refractivity contribution in [1.82, 2.24) is 14.8 Å². The van der Waals surface area contributed by atoms with Gasteiger partial charge in [0.2, 0.25) is 5.96 Å². The van der Waals surface area contributed by atoms with E-state index in [1.54, 1.807) is 19.1 Å². The Morgan fingerprint density at radius 3 is 2.41 bits per heavy atom. The quantitative estimate of drug-likeness (QED) is 0.216. The third-order valence-corrected chi connectivity index (χ3v) is 5.55. The lowest BCUT2D eigenvalue weighted by molar-refractivity contribution is -0.134. The van der Waals surface area contributed by atoms with Crippen LogP contribution in [-0.4, -0.2) is 60.1 Å². The Labute approximate surface area is 190 Å². The lowest BCUT2D eigenvalue weighted by Gasteiger charge is -2.16. The van der Waals surface area contributed by atoms with Gasteiger partial charge >= 0.3 is 10.1 Å². The number of nitrogens with zero attached hydrogens (tertiary/aromatic N) is 4. The summed E-state index contributed by atoms with van der Waals surface area (Å²) in [6, 6.07) is 4.70. The average molecular weight is 489 g/mol. The first-order valence-electron chi connectivity index (χ1n) is 8.94. The first-order chi connectivity index (χ1) is 14.8. The fraction of sp³-hybridized carbons (Fsp3) is 0.333. The zero-order chi connectivity index (χ0) is 24.6. The van der Waals surface area contributed by atoms with Gasteiger partial charge in [-0.3, -0.25) is 14.9 Å². The van der Waals surface area contributed by atoms with E-state index < -0.39 is 16.1 Å². The van der Waals surface area contributed by atoms with E-state index in [0.29, 0.717) is 5.75 Å². The number of nitrogens with two attached hydrogens (primary N) is 1. The molecule has 12 nitrogen and oxygen atoms in total. The Morgan fingerprint density at radius 1 is 1.38 bits per heavy atom. The molecule has 2 rings (SSSR count). The van der Waals surface area contributed by atoms with Gasteiger partial charge in [-0.25, -0.2) is 5.01 Å². The topological polar surface area (TPSA) is 173 Å². The molecule has 0 unspecified atom stereocenters. The van der Waals surface area contributed by atoms with Crippen molar-refractivity contribution in [3.05, 3.63) is 34.6 Å². The van der Waals surface area contributed by atoms with E-state index in [4.69, 9.17) is 41.6 Å². The van der Waals surface area contributed by atoms with Gasteiger partial charge in [-0.1, -0.05) is 11.6 Å². The molecule has 0 aliphatic rings. The zero-order valence-electron chi connectivity index (χ0n) is 18.0. The summed E-state index contributed by atoms with van der Waals surface area (Å²) in [5, 5.41) is 23.4. The normalized spacial score (nSPS) is 10.5. The van der Waals surface area contributed by atoms with E-state index >= 15 is 0 Å². The number of carboxylic acids is 1. The second kappa shape index (κ2) is 11.3. The van der Waals surface area contributed by atoms with Gasteiger partial charge in [0.25, 0.3) is 5.97 Å². The van der Waals surface area contributed by atoms with Crippen molar-refractivity contribution < 1.29 is 27.2 Å². The molecule has 176 valence electrons. The van der Waals surface area contributed by atoms with Gasteiger partial charge in [0.1, 0.15) is 23.3 Å². The van der Waals surface area contributed by atoms with Crippen LogP contribution in [-0.2, 0) is 22.0 Å². The summed E-state index contributed by atoms with van der Waals surface area (Å²) in [5.74, 6) is -0.645. The number of aliphatic carboxylic acids is 1. The molecule has 1 heterocycles. The summed E-state index contributed by atoms with van der Waals surface area (Å²) >= 11 is 6.04. The van der Waals surface area contributed by atoms with Gasteiger partial charge in [-0.15, -0.1) is 0 Å². The molecule has 0 aliphatic heterocycles. The molecule has 0 amide bonds. The highest BCUT2D eigenvalue weighted by Gasteiger charge is 2.27. The molecule has 14 heteroatoms. The summed E-state index contributed by atoms with van der Waals surface area (Å²) < 4.78 is 37.3. The SMILES string of the molecule is C=NN(CCOc1cc(C)cc(OS(=O)(=O)c2c(C)nn(C)c2Cl)c1)C(=N)N.CC(=O)O. The highest BCUT2D eigenvalue weighted by Crippen LogP contribution is 2.29. The van der Waals surface area contributed by atoms with Gasteiger partial charge < -0.3 is 19.8 Å². The average Bonchev–Trinajstić information content (AvgIpc) is 2.89. The van der Waals surface area contributed by atoms with Crippen molar-refractivity contribution in [2.24, 2.45) is 17.9 Å². The highest BCUT2D eigenvalue weighted by molar-refractivity contribution is 7.87. The van der Waals surface area contributed by atoms with E-state index in [-0.39, 0.29) is 40.6 Å². The standard InChI is InChI=1S/C16H21ClN6O4S.C2H4O2/c1-10-7-12(26-6-5-23(20-3)16(18)19)9-13(8-10)27-28(24,25)14-11(2)21-22(4)15(14)17;1-2(3)4/h7-9H,3,5-6H2,1-2,4H3,(H3,18,19);1H3,(H,3,4). The Kier molecular flexibility index (Phi) is 9.47. The fourth-order valence-corrected chi connectivity index (χ4v) is 4.06. The molecule has 1 aromatic carbocycles. The van der Waals surface area contributed by atoms with Crippen molar-refractivity contribution >= 4 is 40.4 Å². The number of nitrogens with one attached hydrogen (secondary N) is 1. The van der Waals surface area contributed by atoms with Crippen LogP contribution in [0.25, 0.3) is 0 Å². The third kappa shape index (κ3) is 7.74. The first kappa shape index (κ1) is 26.7. The number of benzene rings is 1. The second-order valence-corrected chi connectivity index (χ2v) is 8.21. The summed E-state index contributed by atoms with van der Waals surface area (Å²) in [6.07, 6.45) is 0. The van der Waals surface area contributed by atoms with Crippen LogP contribution in [0.4, 0.5) is 0 Å². The lowest BCUT2D eigenvalue weighted by atomic mass is 10.2. The smallest absolute Gasteiger partial charge is 0.344 e. The number of hydrogen-bond donors (Lipinski definition) is 3. The summed E-state index contributed by atoms with van der Waals surface area (Å²) in [6.45, 7) is 8.04. The molecule has 0 radical (unpaired) electrons.